The second-order valence-corrected chi connectivity index (χ2v) is 7.57. The van der Waals surface area contributed by atoms with Crippen molar-refractivity contribution >= 4 is 33.4 Å². The third kappa shape index (κ3) is 7.30. The van der Waals surface area contributed by atoms with Crippen LogP contribution in [0.15, 0.2) is 48.5 Å². The number of benzene rings is 2. The standard InChI is InChI=1S/C18H18N4O3S.C2HF3O2/c23-17(21-24-18-20-15-3-1-2-4-16(15)26-18)13-5-7-14(8-6-13)25-22-11-9-19-10-12-22;3-2(4,5)1(6)7/h1-8,19H,9-12H2,(H,21,23);(H,6,7). The third-order valence-corrected chi connectivity index (χ3v) is 5.09. The van der Waals surface area contributed by atoms with Crippen molar-refractivity contribution < 1.29 is 37.5 Å². The second-order valence-electron chi connectivity index (χ2n) is 6.58. The number of nitrogens with zero attached hydrogens (tertiary/aromatic N) is 2. The summed E-state index contributed by atoms with van der Waals surface area (Å²) in [4.78, 5) is 36.5. The lowest BCUT2D eigenvalue weighted by atomic mass is 10.2. The topological polar surface area (TPSA) is 113 Å². The molecule has 176 valence electrons. The molecule has 0 spiro atoms. The average Bonchev–Trinajstić information content (AvgIpc) is 3.21. The van der Waals surface area contributed by atoms with E-state index in [0.717, 1.165) is 36.4 Å². The number of aliphatic carboxylic acids is 1. The monoisotopic (exact) mass is 484 g/mol. The van der Waals surface area contributed by atoms with Crippen molar-refractivity contribution in [3.05, 3.63) is 54.1 Å². The number of hydrogen-bond donors (Lipinski definition) is 3. The lowest BCUT2D eigenvalue weighted by Crippen LogP contribution is -2.45. The summed E-state index contributed by atoms with van der Waals surface area (Å²) >= 11 is 1.38. The van der Waals surface area contributed by atoms with Crippen molar-refractivity contribution in [2.24, 2.45) is 0 Å². The van der Waals surface area contributed by atoms with Crippen molar-refractivity contribution in [1.82, 2.24) is 20.8 Å². The van der Waals surface area contributed by atoms with Crippen LogP contribution < -0.4 is 20.5 Å². The minimum absolute atomic E-state index is 0.335. The molecule has 1 aliphatic rings. The highest BCUT2D eigenvalue weighted by Crippen LogP contribution is 2.26. The SMILES string of the molecule is O=C(NOc1nc2ccccc2s1)c1ccc(ON2CCNCC2)cc1.O=C(O)C(F)(F)F. The second kappa shape index (κ2) is 10.9. The predicted octanol–water partition coefficient (Wildman–Crippen LogP) is 2.85. The molecule has 0 unspecified atom stereocenters. The molecule has 1 fully saturated rings. The number of amides is 1. The number of hydroxylamine groups is 3. The zero-order chi connectivity index (χ0) is 23.8. The third-order valence-electron chi connectivity index (χ3n) is 4.17. The zero-order valence-corrected chi connectivity index (χ0v) is 17.8. The van der Waals surface area contributed by atoms with Gasteiger partial charge in [0.2, 0.25) is 0 Å². The van der Waals surface area contributed by atoms with Crippen molar-refractivity contribution in [2.75, 3.05) is 26.2 Å². The van der Waals surface area contributed by atoms with Crippen LogP contribution in [0.1, 0.15) is 10.4 Å². The number of aromatic nitrogens is 1. The molecule has 0 bridgehead atoms. The molecule has 0 aliphatic carbocycles. The Morgan fingerprint density at radius 2 is 1.73 bits per heavy atom. The van der Waals surface area contributed by atoms with E-state index in [1.807, 2.05) is 29.3 Å². The van der Waals surface area contributed by atoms with Crippen molar-refractivity contribution in [1.29, 1.82) is 0 Å². The molecule has 1 amide bonds. The minimum Gasteiger partial charge on any atom is -0.475 e. The number of para-hydroxylation sites is 1. The van der Waals surface area contributed by atoms with Gasteiger partial charge in [-0.2, -0.15) is 18.7 Å². The van der Waals surface area contributed by atoms with Crippen molar-refractivity contribution in [3.8, 4) is 10.9 Å². The number of carbonyl (C=O) groups is 2. The number of hydrogen-bond acceptors (Lipinski definition) is 8. The van der Waals surface area contributed by atoms with E-state index in [-0.39, 0.29) is 5.91 Å². The molecule has 1 aliphatic heterocycles. The maximum absolute atomic E-state index is 12.2. The van der Waals surface area contributed by atoms with E-state index in [4.69, 9.17) is 19.6 Å². The summed E-state index contributed by atoms with van der Waals surface area (Å²) in [7, 11) is 0. The van der Waals surface area contributed by atoms with Gasteiger partial charge in [0.15, 0.2) is 0 Å². The van der Waals surface area contributed by atoms with Crippen LogP contribution in [0.5, 0.6) is 10.9 Å². The fraction of sp³-hybridized carbons (Fsp3) is 0.250. The first-order chi connectivity index (χ1) is 15.7. The predicted molar refractivity (Wildman–Crippen MR) is 113 cm³/mol. The van der Waals surface area contributed by atoms with Crippen LogP contribution in [0, 0.1) is 0 Å². The van der Waals surface area contributed by atoms with Crippen LogP contribution in [0.25, 0.3) is 10.2 Å². The molecule has 0 radical (unpaired) electrons. The fourth-order valence-corrected chi connectivity index (χ4v) is 3.38. The van der Waals surface area contributed by atoms with Gasteiger partial charge in [0, 0.05) is 31.7 Å². The number of carboxylic acids is 1. The fourth-order valence-electron chi connectivity index (χ4n) is 2.60. The van der Waals surface area contributed by atoms with Crippen molar-refractivity contribution in [2.45, 2.75) is 6.18 Å². The van der Waals surface area contributed by atoms with E-state index in [1.165, 1.54) is 11.3 Å². The molecular formula is C20H19F3N4O5S. The zero-order valence-electron chi connectivity index (χ0n) is 17.0. The molecular weight excluding hydrogens is 465 g/mol. The molecule has 1 aromatic heterocycles. The molecule has 3 N–H and O–H groups in total. The number of thiazole rings is 1. The summed E-state index contributed by atoms with van der Waals surface area (Å²) in [5, 5.41) is 12.7. The molecule has 1 saturated heterocycles. The van der Waals surface area contributed by atoms with Crippen LogP contribution in [0.2, 0.25) is 0 Å². The number of carbonyl (C=O) groups excluding carboxylic acids is 1. The van der Waals surface area contributed by atoms with Crippen LogP contribution >= 0.6 is 11.3 Å². The first-order valence-corrected chi connectivity index (χ1v) is 10.4. The Hall–Kier alpha value is -3.42. The lowest BCUT2D eigenvalue weighted by Gasteiger charge is -2.26. The molecule has 33 heavy (non-hydrogen) atoms. The Kier molecular flexibility index (Phi) is 8.03. The molecule has 2 aromatic carbocycles. The van der Waals surface area contributed by atoms with Gasteiger partial charge >= 0.3 is 17.3 Å². The first-order valence-electron chi connectivity index (χ1n) is 9.59. The quantitative estimate of drug-likeness (QED) is 0.474. The van der Waals surface area contributed by atoms with Gasteiger partial charge in [-0.05, 0) is 36.4 Å². The van der Waals surface area contributed by atoms with Gasteiger partial charge in [0.25, 0.3) is 5.91 Å². The Bertz CT molecular complexity index is 1050. The number of alkyl halides is 3. The summed E-state index contributed by atoms with van der Waals surface area (Å²) in [6.07, 6.45) is -5.08. The van der Waals surface area contributed by atoms with Gasteiger partial charge in [0.1, 0.15) is 5.75 Å². The summed E-state index contributed by atoms with van der Waals surface area (Å²) in [5.41, 5.74) is 3.76. The number of fused-ring (bicyclic) bond motifs is 1. The Morgan fingerprint density at radius 1 is 1.09 bits per heavy atom. The largest absolute Gasteiger partial charge is 0.490 e. The summed E-state index contributed by atoms with van der Waals surface area (Å²) in [5.74, 6) is -2.39. The first kappa shape index (κ1) is 24.2. The van der Waals surface area contributed by atoms with E-state index in [0.29, 0.717) is 16.5 Å². The molecule has 0 saturated carbocycles. The van der Waals surface area contributed by atoms with Gasteiger partial charge < -0.3 is 20.1 Å². The van der Waals surface area contributed by atoms with E-state index >= 15 is 0 Å². The Morgan fingerprint density at radius 3 is 2.33 bits per heavy atom. The van der Waals surface area contributed by atoms with Crippen LogP contribution in [0.4, 0.5) is 13.2 Å². The summed E-state index contributed by atoms with van der Waals surface area (Å²) in [6.45, 7) is 3.48. The van der Waals surface area contributed by atoms with Gasteiger partial charge in [-0.1, -0.05) is 23.5 Å². The molecule has 13 heteroatoms. The van der Waals surface area contributed by atoms with Crippen LogP contribution in [-0.2, 0) is 4.79 Å². The molecule has 9 nitrogen and oxygen atoms in total. The normalized spacial score (nSPS) is 14.2. The van der Waals surface area contributed by atoms with Crippen LogP contribution in [0.3, 0.4) is 0 Å². The number of nitrogens with one attached hydrogen (secondary N) is 2. The molecule has 4 rings (SSSR count). The maximum Gasteiger partial charge on any atom is 0.490 e. The number of piperazine rings is 1. The van der Waals surface area contributed by atoms with Gasteiger partial charge in [-0.25, -0.2) is 9.78 Å². The summed E-state index contributed by atoms with van der Waals surface area (Å²) < 4.78 is 32.7. The van der Waals surface area contributed by atoms with E-state index in [1.54, 1.807) is 24.3 Å². The summed E-state index contributed by atoms with van der Waals surface area (Å²) in [6, 6.07) is 14.7. The highest BCUT2D eigenvalue weighted by Gasteiger charge is 2.38. The maximum atomic E-state index is 12.2. The lowest BCUT2D eigenvalue weighted by molar-refractivity contribution is -0.192. The van der Waals surface area contributed by atoms with Crippen molar-refractivity contribution in [3.63, 3.8) is 0 Å². The Labute approximate surface area is 189 Å². The van der Waals surface area contributed by atoms with Crippen LogP contribution in [-0.4, -0.2) is 59.4 Å². The molecule has 2 heterocycles. The average molecular weight is 484 g/mol. The van der Waals surface area contributed by atoms with Gasteiger partial charge in [0.05, 0.1) is 10.2 Å². The number of carboxylic acid groups (broad SMARTS) is 1. The highest BCUT2D eigenvalue weighted by atomic mass is 32.1. The van der Waals surface area contributed by atoms with E-state index < -0.39 is 12.1 Å². The Balaban J connectivity index is 0.000000383. The number of rotatable bonds is 5. The van der Waals surface area contributed by atoms with E-state index in [2.05, 4.69) is 15.8 Å². The van der Waals surface area contributed by atoms with Gasteiger partial charge in [-0.15, -0.1) is 5.06 Å². The van der Waals surface area contributed by atoms with Gasteiger partial charge in [-0.3, -0.25) is 4.79 Å². The minimum atomic E-state index is -5.08. The highest BCUT2D eigenvalue weighted by molar-refractivity contribution is 7.20. The molecule has 0 atom stereocenters. The smallest absolute Gasteiger partial charge is 0.475 e. The van der Waals surface area contributed by atoms with E-state index in [9.17, 15) is 18.0 Å². The molecule has 3 aromatic rings. The number of halogens is 3.